The molecule has 1 aromatic heterocycles. The highest BCUT2D eigenvalue weighted by atomic mass is 32.1. The molecule has 0 radical (unpaired) electrons. The third-order valence-corrected chi connectivity index (χ3v) is 4.89. The number of hydrogen-bond acceptors (Lipinski definition) is 5. The molecule has 1 atom stereocenters. The fraction of sp³-hybridized carbons (Fsp3) is 0.353. The van der Waals surface area contributed by atoms with E-state index in [2.05, 4.69) is 15.5 Å². The third-order valence-electron chi connectivity index (χ3n) is 3.85. The monoisotopic (exact) mass is 347 g/mol. The molecule has 0 aliphatic carbocycles. The second kappa shape index (κ2) is 6.68. The highest BCUT2D eigenvalue weighted by Gasteiger charge is 2.42. The Kier molecular flexibility index (Phi) is 4.62. The predicted molar refractivity (Wildman–Crippen MR) is 90.4 cm³/mol. The van der Waals surface area contributed by atoms with Gasteiger partial charge in [-0.05, 0) is 31.0 Å². The summed E-state index contributed by atoms with van der Waals surface area (Å²) in [5.74, 6) is -0.553. The topological polar surface area (TPSA) is 63.6 Å². The van der Waals surface area contributed by atoms with Crippen LogP contribution in [-0.2, 0) is 22.6 Å². The maximum absolute atomic E-state index is 13.0. The van der Waals surface area contributed by atoms with Crippen LogP contribution in [0.5, 0.6) is 0 Å². The minimum atomic E-state index is -1.06. The van der Waals surface area contributed by atoms with E-state index >= 15 is 0 Å². The number of aryl methyl sites for hydroxylation is 1. The fourth-order valence-electron chi connectivity index (χ4n) is 2.41. The number of aromatic nitrogens is 1. The van der Waals surface area contributed by atoms with Crippen LogP contribution in [0.3, 0.4) is 0 Å². The summed E-state index contributed by atoms with van der Waals surface area (Å²) in [6.45, 7) is 4.10. The molecule has 1 aliphatic rings. The first-order valence-corrected chi connectivity index (χ1v) is 8.61. The zero-order valence-electron chi connectivity index (χ0n) is 13.5. The Morgan fingerprint density at radius 1 is 1.42 bits per heavy atom. The molecule has 3 rings (SSSR count). The van der Waals surface area contributed by atoms with Gasteiger partial charge in [-0.2, -0.15) is 0 Å². The standard InChI is InChI=1S/C17H18FN3O2S/c1-3-15-20-13(10-24-15)9-19-16(22)17(2)8-14(21-23-17)11-4-6-12(18)7-5-11/h4-7,10H,3,8-9H2,1-2H3,(H,19,22)/t17-/m1/s1. The van der Waals surface area contributed by atoms with Crippen LogP contribution < -0.4 is 5.32 Å². The Hall–Kier alpha value is -2.28. The van der Waals surface area contributed by atoms with Gasteiger partial charge in [0.15, 0.2) is 0 Å². The quantitative estimate of drug-likeness (QED) is 0.904. The Labute approximate surface area is 143 Å². The molecule has 0 bridgehead atoms. The molecule has 1 N–H and O–H groups in total. The minimum Gasteiger partial charge on any atom is -0.379 e. The smallest absolute Gasteiger partial charge is 0.267 e. The average Bonchev–Trinajstić information content (AvgIpc) is 3.21. The van der Waals surface area contributed by atoms with Crippen LogP contribution in [0, 0.1) is 5.82 Å². The SMILES string of the molecule is CCc1nc(CNC(=O)[C@@]2(C)CC(c3ccc(F)cc3)=NO2)cs1. The van der Waals surface area contributed by atoms with Gasteiger partial charge in [0.05, 0.1) is 23.0 Å². The minimum absolute atomic E-state index is 0.241. The number of thiazole rings is 1. The van der Waals surface area contributed by atoms with Crippen LogP contribution in [-0.4, -0.2) is 22.2 Å². The zero-order chi connectivity index (χ0) is 17.2. The predicted octanol–water partition coefficient (Wildman–Crippen LogP) is 3.04. The highest BCUT2D eigenvalue weighted by Crippen LogP contribution is 2.27. The van der Waals surface area contributed by atoms with Crippen molar-refractivity contribution in [3.05, 3.63) is 51.7 Å². The molecular weight excluding hydrogens is 329 g/mol. The second-order valence-corrected chi connectivity index (χ2v) is 6.76. The second-order valence-electron chi connectivity index (χ2n) is 5.81. The van der Waals surface area contributed by atoms with E-state index in [-0.39, 0.29) is 11.7 Å². The number of rotatable bonds is 5. The summed E-state index contributed by atoms with van der Waals surface area (Å²) in [6.07, 6.45) is 1.22. The van der Waals surface area contributed by atoms with Crippen LogP contribution in [0.15, 0.2) is 34.8 Å². The Balaban J connectivity index is 1.60. The number of nitrogens with zero attached hydrogens (tertiary/aromatic N) is 2. The van der Waals surface area contributed by atoms with E-state index in [9.17, 15) is 9.18 Å². The Bertz CT molecular complexity index is 772. The van der Waals surface area contributed by atoms with Gasteiger partial charge in [0, 0.05) is 11.8 Å². The van der Waals surface area contributed by atoms with Gasteiger partial charge in [-0.15, -0.1) is 11.3 Å². The van der Waals surface area contributed by atoms with Crippen molar-refractivity contribution < 1.29 is 14.0 Å². The average molecular weight is 347 g/mol. The molecule has 0 spiro atoms. The highest BCUT2D eigenvalue weighted by molar-refractivity contribution is 7.09. The molecule has 0 saturated carbocycles. The van der Waals surface area contributed by atoms with Gasteiger partial charge in [0.1, 0.15) is 5.82 Å². The molecule has 0 saturated heterocycles. The lowest BCUT2D eigenvalue weighted by Crippen LogP contribution is -2.44. The normalized spacial score (nSPS) is 19.7. The first-order chi connectivity index (χ1) is 11.5. The van der Waals surface area contributed by atoms with Crippen molar-refractivity contribution in [3.63, 3.8) is 0 Å². The van der Waals surface area contributed by atoms with Crippen molar-refractivity contribution in [1.29, 1.82) is 0 Å². The first-order valence-electron chi connectivity index (χ1n) is 7.73. The fourth-order valence-corrected chi connectivity index (χ4v) is 3.15. The molecule has 0 fully saturated rings. The summed E-state index contributed by atoms with van der Waals surface area (Å²) < 4.78 is 13.0. The molecule has 2 heterocycles. The van der Waals surface area contributed by atoms with Gasteiger partial charge in [-0.3, -0.25) is 4.79 Å². The number of hydrogen-bond donors (Lipinski definition) is 1. The summed E-state index contributed by atoms with van der Waals surface area (Å²) in [5.41, 5.74) is 1.16. The van der Waals surface area contributed by atoms with Crippen molar-refractivity contribution in [2.24, 2.45) is 5.16 Å². The third kappa shape index (κ3) is 3.46. The van der Waals surface area contributed by atoms with E-state index in [4.69, 9.17) is 4.84 Å². The molecular formula is C17H18FN3O2S. The van der Waals surface area contributed by atoms with Crippen LogP contribution in [0.25, 0.3) is 0 Å². The summed E-state index contributed by atoms with van der Waals surface area (Å²) in [6, 6.07) is 5.98. The van der Waals surface area contributed by atoms with Crippen molar-refractivity contribution in [2.75, 3.05) is 0 Å². The van der Waals surface area contributed by atoms with Crippen molar-refractivity contribution >= 4 is 23.0 Å². The van der Waals surface area contributed by atoms with E-state index in [0.717, 1.165) is 22.7 Å². The number of nitrogens with one attached hydrogen (secondary N) is 1. The van der Waals surface area contributed by atoms with Gasteiger partial charge < -0.3 is 10.2 Å². The molecule has 2 aromatic rings. The van der Waals surface area contributed by atoms with E-state index in [1.54, 1.807) is 30.4 Å². The Morgan fingerprint density at radius 2 is 2.17 bits per heavy atom. The number of benzene rings is 1. The summed E-state index contributed by atoms with van der Waals surface area (Å²) in [7, 11) is 0. The van der Waals surface area contributed by atoms with Gasteiger partial charge in [-0.1, -0.05) is 24.2 Å². The van der Waals surface area contributed by atoms with Crippen LogP contribution >= 0.6 is 11.3 Å². The first kappa shape index (κ1) is 16.6. The zero-order valence-corrected chi connectivity index (χ0v) is 14.3. The van der Waals surface area contributed by atoms with Crippen molar-refractivity contribution in [1.82, 2.24) is 10.3 Å². The summed E-state index contributed by atoms with van der Waals surface area (Å²) in [4.78, 5) is 22.3. The molecule has 1 aliphatic heterocycles. The Morgan fingerprint density at radius 3 is 2.83 bits per heavy atom. The summed E-state index contributed by atoms with van der Waals surface area (Å²) in [5, 5.41) is 9.84. The van der Waals surface area contributed by atoms with Gasteiger partial charge in [0.25, 0.3) is 5.91 Å². The van der Waals surface area contributed by atoms with Gasteiger partial charge in [-0.25, -0.2) is 9.37 Å². The number of oxime groups is 1. The molecule has 0 unspecified atom stereocenters. The number of halogens is 1. The lowest BCUT2D eigenvalue weighted by molar-refractivity contribution is -0.141. The number of amides is 1. The van der Waals surface area contributed by atoms with E-state index in [1.165, 1.54) is 12.1 Å². The van der Waals surface area contributed by atoms with E-state index < -0.39 is 5.60 Å². The molecule has 1 aromatic carbocycles. The lowest BCUT2D eigenvalue weighted by Gasteiger charge is -2.20. The molecule has 1 amide bonds. The number of carbonyl (C=O) groups is 1. The maximum Gasteiger partial charge on any atom is 0.267 e. The van der Waals surface area contributed by atoms with Gasteiger partial charge in [0.2, 0.25) is 5.60 Å². The van der Waals surface area contributed by atoms with E-state index in [0.29, 0.717) is 18.7 Å². The van der Waals surface area contributed by atoms with Crippen molar-refractivity contribution in [3.8, 4) is 0 Å². The molecule has 5 nitrogen and oxygen atoms in total. The molecule has 24 heavy (non-hydrogen) atoms. The molecule has 7 heteroatoms. The van der Waals surface area contributed by atoms with Crippen molar-refractivity contribution in [2.45, 2.75) is 38.8 Å². The van der Waals surface area contributed by atoms with Crippen LogP contribution in [0.2, 0.25) is 0 Å². The maximum atomic E-state index is 13.0. The molecule has 126 valence electrons. The van der Waals surface area contributed by atoms with Crippen LogP contribution in [0.4, 0.5) is 4.39 Å². The van der Waals surface area contributed by atoms with Crippen LogP contribution in [0.1, 0.15) is 36.5 Å². The lowest BCUT2D eigenvalue weighted by atomic mass is 9.95. The largest absolute Gasteiger partial charge is 0.379 e. The number of carbonyl (C=O) groups excluding carboxylic acids is 1. The summed E-state index contributed by atoms with van der Waals surface area (Å²) >= 11 is 1.58. The van der Waals surface area contributed by atoms with Gasteiger partial charge >= 0.3 is 0 Å². The van der Waals surface area contributed by atoms with E-state index in [1.807, 2.05) is 12.3 Å².